The van der Waals surface area contributed by atoms with E-state index in [1.807, 2.05) is 25.1 Å². The summed E-state index contributed by atoms with van der Waals surface area (Å²) in [6, 6.07) is 7.96. The fourth-order valence-corrected chi connectivity index (χ4v) is 5.58. The summed E-state index contributed by atoms with van der Waals surface area (Å²) in [6.45, 7) is 4.06. The predicted molar refractivity (Wildman–Crippen MR) is 141 cm³/mol. The van der Waals surface area contributed by atoms with E-state index in [0.717, 1.165) is 36.5 Å². The summed E-state index contributed by atoms with van der Waals surface area (Å²) in [5.74, 6) is 1.28. The van der Waals surface area contributed by atoms with Crippen molar-refractivity contribution in [1.82, 2.24) is 24.3 Å². The minimum Gasteiger partial charge on any atom is -0.495 e. The summed E-state index contributed by atoms with van der Waals surface area (Å²) in [5, 5.41) is 12.5. The first kappa shape index (κ1) is 24.8. The highest BCUT2D eigenvalue weighted by Gasteiger charge is 2.53. The van der Waals surface area contributed by atoms with Crippen molar-refractivity contribution >= 4 is 11.9 Å². The van der Waals surface area contributed by atoms with Gasteiger partial charge in [0.2, 0.25) is 5.95 Å². The number of benzene rings is 1. The largest absolute Gasteiger partial charge is 0.495 e. The van der Waals surface area contributed by atoms with Crippen LogP contribution in [0.3, 0.4) is 0 Å². The molecule has 1 fully saturated rings. The number of hydrogen-bond donors (Lipinski definition) is 1. The van der Waals surface area contributed by atoms with E-state index in [2.05, 4.69) is 57.0 Å². The van der Waals surface area contributed by atoms with Crippen molar-refractivity contribution in [2.45, 2.75) is 44.3 Å². The Bertz CT molecular complexity index is 1380. The van der Waals surface area contributed by atoms with Gasteiger partial charge in [0.15, 0.2) is 0 Å². The molecule has 37 heavy (non-hydrogen) atoms. The van der Waals surface area contributed by atoms with Crippen LogP contribution in [-0.2, 0) is 18.5 Å². The number of aromatic nitrogens is 3. The van der Waals surface area contributed by atoms with Crippen LogP contribution in [0.25, 0.3) is 0 Å². The van der Waals surface area contributed by atoms with Crippen LogP contribution in [-0.4, -0.2) is 65.0 Å². The highest BCUT2D eigenvalue weighted by molar-refractivity contribution is 5.98. The van der Waals surface area contributed by atoms with Crippen molar-refractivity contribution in [2.24, 2.45) is 0 Å². The Labute approximate surface area is 217 Å². The molecule has 1 saturated carbocycles. The van der Waals surface area contributed by atoms with Crippen LogP contribution in [0.1, 0.15) is 64.1 Å². The first-order valence-electron chi connectivity index (χ1n) is 12.5. The molecule has 3 aromatic rings. The topological polar surface area (TPSA) is 99.3 Å². The molecule has 1 amide bonds. The van der Waals surface area contributed by atoms with Crippen LogP contribution < -0.4 is 10.1 Å². The maximum absolute atomic E-state index is 14.1. The Kier molecular flexibility index (Phi) is 6.38. The first-order chi connectivity index (χ1) is 17.8. The minimum absolute atomic E-state index is 0.0199. The number of nitriles is 1. The van der Waals surface area contributed by atoms with Gasteiger partial charge in [0.1, 0.15) is 17.4 Å². The number of imidazole rings is 1. The quantitative estimate of drug-likeness (QED) is 0.506. The van der Waals surface area contributed by atoms with E-state index in [4.69, 9.17) is 4.74 Å². The Balaban J connectivity index is 1.57. The van der Waals surface area contributed by atoms with Gasteiger partial charge in [0.25, 0.3) is 5.91 Å². The minimum atomic E-state index is -0.259. The Hall–Kier alpha value is -3.90. The molecule has 192 valence electrons. The van der Waals surface area contributed by atoms with E-state index < -0.39 is 0 Å². The molecule has 0 bridgehead atoms. The molecule has 9 heteroatoms. The highest BCUT2D eigenvalue weighted by atomic mass is 16.5. The number of fused-ring (bicyclic) bond motifs is 2. The van der Waals surface area contributed by atoms with Gasteiger partial charge in [-0.15, -0.1) is 0 Å². The third-order valence-corrected chi connectivity index (χ3v) is 7.53. The average molecular weight is 500 g/mol. The van der Waals surface area contributed by atoms with Crippen LogP contribution in [0.5, 0.6) is 5.75 Å². The molecule has 2 aliphatic rings. The van der Waals surface area contributed by atoms with Gasteiger partial charge in [-0.25, -0.2) is 4.98 Å². The molecule has 0 radical (unpaired) electrons. The van der Waals surface area contributed by atoms with Crippen LogP contribution in [0.15, 0.2) is 36.8 Å². The van der Waals surface area contributed by atoms with E-state index >= 15 is 0 Å². The molecular weight excluding hydrogens is 466 g/mol. The van der Waals surface area contributed by atoms with Crippen LogP contribution in [0, 0.1) is 11.3 Å². The molecule has 5 rings (SSSR count). The summed E-state index contributed by atoms with van der Waals surface area (Å²) < 4.78 is 7.46. The third-order valence-electron chi connectivity index (χ3n) is 7.53. The number of pyridine rings is 1. The molecule has 9 nitrogen and oxygen atoms in total. The molecule has 1 aliphatic carbocycles. The molecule has 2 aromatic heterocycles. The predicted octanol–water partition coefficient (Wildman–Crippen LogP) is 3.56. The number of ether oxygens (including phenoxy) is 1. The maximum atomic E-state index is 14.1. The van der Waals surface area contributed by atoms with Gasteiger partial charge >= 0.3 is 0 Å². The van der Waals surface area contributed by atoms with Crippen LogP contribution in [0.2, 0.25) is 0 Å². The van der Waals surface area contributed by atoms with E-state index in [-0.39, 0.29) is 17.4 Å². The molecule has 1 aliphatic heterocycles. The number of amides is 1. The summed E-state index contributed by atoms with van der Waals surface area (Å²) in [5.41, 5.74) is 5.36. The van der Waals surface area contributed by atoms with E-state index in [0.29, 0.717) is 30.1 Å². The zero-order valence-corrected chi connectivity index (χ0v) is 22.1. The lowest BCUT2D eigenvalue weighted by atomic mass is 9.81. The molecule has 0 unspecified atom stereocenters. The lowest BCUT2D eigenvalue weighted by molar-refractivity contribution is 0.0633. The summed E-state index contributed by atoms with van der Waals surface area (Å²) in [6.07, 6.45) is 7.37. The van der Waals surface area contributed by atoms with E-state index in [9.17, 15) is 10.1 Å². The number of carbonyl (C=O) groups excluding carboxylic acids is 1. The van der Waals surface area contributed by atoms with Gasteiger partial charge in [-0.1, -0.05) is 6.07 Å². The molecule has 1 N–H and O–H groups in total. The summed E-state index contributed by atoms with van der Waals surface area (Å²) in [4.78, 5) is 27.1. The first-order valence-corrected chi connectivity index (χ1v) is 12.5. The lowest BCUT2D eigenvalue weighted by Gasteiger charge is -2.40. The lowest BCUT2D eigenvalue weighted by Crippen LogP contribution is -2.45. The fraction of sp³-hybridized carbons (Fsp3) is 0.429. The monoisotopic (exact) mass is 499 g/mol. The molecule has 1 atom stereocenters. The molecule has 1 aromatic carbocycles. The number of anilines is 1. The van der Waals surface area contributed by atoms with Gasteiger partial charge < -0.3 is 24.4 Å². The standard InChI is InChI=1S/C28H33N7O2/c1-18(23-12-24(37-5)21(13-29)14-32-23)35-17-28(6-7-28)25-20(16-33(3)4)10-19(11-22(25)26(35)36)15-34-9-8-31-27(34)30-2/h8-12,14,18H,6-7,15-17H2,1-5H3,(H,30,31)/t18-/m1/s1. The van der Waals surface area contributed by atoms with Gasteiger partial charge in [0.05, 0.1) is 25.4 Å². The number of rotatable bonds is 8. The van der Waals surface area contributed by atoms with Gasteiger partial charge in [-0.2, -0.15) is 5.26 Å². The molecule has 3 heterocycles. The second-order valence-electron chi connectivity index (χ2n) is 10.4. The third kappa shape index (κ3) is 4.42. The fourth-order valence-electron chi connectivity index (χ4n) is 5.58. The number of methoxy groups -OCH3 is 1. The van der Waals surface area contributed by atoms with Gasteiger partial charge in [-0.3, -0.25) is 9.78 Å². The van der Waals surface area contributed by atoms with Crippen molar-refractivity contribution in [2.75, 3.05) is 40.1 Å². The van der Waals surface area contributed by atoms with Crippen molar-refractivity contribution in [3.8, 4) is 11.8 Å². The maximum Gasteiger partial charge on any atom is 0.254 e. The molecule has 0 saturated heterocycles. The van der Waals surface area contributed by atoms with E-state index in [1.54, 1.807) is 19.4 Å². The second kappa shape index (κ2) is 9.52. The normalized spacial score (nSPS) is 16.5. The van der Waals surface area contributed by atoms with Gasteiger partial charge in [-0.05, 0) is 56.6 Å². The highest BCUT2D eigenvalue weighted by Crippen LogP contribution is 2.55. The Morgan fingerprint density at radius 3 is 2.70 bits per heavy atom. The number of carbonyl (C=O) groups is 1. The number of nitrogens with zero attached hydrogens (tertiary/aromatic N) is 6. The van der Waals surface area contributed by atoms with E-state index in [1.165, 1.54) is 17.3 Å². The molecular formula is C28H33N7O2. The zero-order chi connectivity index (χ0) is 26.3. The van der Waals surface area contributed by atoms with Crippen molar-refractivity contribution < 1.29 is 9.53 Å². The molecule has 1 spiro atoms. The van der Waals surface area contributed by atoms with Crippen molar-refractivity contribution in [1.29, 1.82) is 5.26 Å². The SMILES string of the molecule is CNc1nccn1Cc1cc(CN(C)C)c2c(c1)C(=O)N([C@H](C)c1cc(OC)c(C#N)cn1)CC21CC1. The average Bonchev–Trinajstić information content (AvgIpc) is 3.51. The van der Waals surface area contributed by atoms with Crippen molar-refractivity contribution in [3.63, 3.8) is 0 Å². The van der Waals surface area contributed by atoms with Crippen LogP contribution in [0.4, 0.5) is 5.95 Å². The Morgan fingerprint density at radius 2 is 2.05 bits per heavy atom. The van der Waals surface area contributed by atoms with Gasteiger partial charge in [0, 0.05) is 55.8 Å². The smallest absolute Gasteiger partial charge is 0.254 e. The Morgan fingerprint density at radius 1 is 1.27 bits per heavy atom. The second-order valence-corrected chi connectivity index (χ2v) is 10.4. The number of hydrogen-bond acceptors (Lipinski definition) is 7. The summed E-state index contributed by atoms with van der Waals surface area (Å²) in [7, 11) is 7.53. The summed E-state index contributed by atoms with van der Waals surface area (Å²) >= 11 is 0. The number of nitrogens with one attached hydrogen (secondary N) is 1. The van der Waals surface area contributed by atoms with Crippen LogP contribution >= 0.6 is 0 Å². The van der Waals surface area contributed by atoms with Crippen molar-refractivity contribution in [3.05, 3.63) is 70.3 Å². The zero-order valence-electron chi connectivity index (χ0n) is 22.1.